The van der Waals surface area contributed by atoms with Gasteiger partial charge in [-0.2, -0.15) is 0 Å². The predicted molar refractivity (Wildman–Crippen MR) is 149 cm³/mol. The normalized spacial score (nSPS) is 22.9. The zero-order chi connectivity index (χ0) is 24.9. The van der Waals surface area contributed by atoms with E-state index < -0.39 is 0 Å². The summed E-state index contributed by atoms with van der Waals surface area (Å²) in [4.78, 5) is 5.19. The lowest BCUT2D eigenvalue weighted by Crippen LogP contribution is -2.35. The average Bonchev–Trinajstić information content (AvgIpc) is 2.89. The summed E-state index contributed by atoms with van der Waals surface area (Å²) >= 11 is 0. The van der Waals surface area contributed by atoms with Crippen molar-refractivity contribution in [2.24, 2.45) is 0 Å². The summed E-state index contributed by atoms with van der Waals surface area (Å²) in [5.74, 6) is 0. The van der Waals surface area contributed by atoms with Crippen LogP contribution in [0.4, 0.5) is 0 Å². The molecule has 4 N–H and O–H groups in total. The zero-order valence-electron chi connectivity index (χ0n) is 22.6. The van der Waals surface area contributed by atoms with Crippen molar-refractivity contribution in [3.8, 4) is 0 Å². The van der Waals surface area contributed by atoms with Crippen LogP contribution in [0.2, 0.25) is 0 Å². The van der Waals surface area contributed by atoms with Gasteiger partial charge in [-0.3, -0.25) is 9.80 Å². The summed E-state index contributed by atoms with van der Waals surface area (Å²) < 4.78 is 11.3. The number of nitrogens with zero attached hydrogens (tertiary/aromatic N) is 2. The SMILES string of the molecule is c1cc(CN2CCCNCCOCCCNCC2)ccc1CN1CCCNCCOCCCNCC1. The molecular weight excluding hydrogens is 452 g/mol. The lowest BCUT2D eigenvalue weighted by Gasteiger charge is -2.24. The van der Waals surface area contributed by atoms with Crippen molar-refractivity contribution in [2.45, 2.75) is 38.8 Å². The van der Waals surface area contributed by atoms with Crippen LogP contribution in [0.25, 0.3) is 0 Å². The van der Waals surface area contributed by atoms with Crippen LogP contribution in [0.15, 0.2) is 24.3 Å². The van der Waals surface area contributed by atoms with Gasteiger partial charge in [-0.1, -0.05) is 24.3 Å². The van der Waals surface area contributed by atoms with Crippen LogP contribution < -0.4 is 21.3 Å². The second kappa shape index (κ2) is 19.9. The number of rotatable bonds is 4. The smallest absolute Gasteiger partial charge is 0.0590 e. The molecule has 8 heteroatoms. The van der Waals surface area contributed by atoms with Gasteiger partial charge >= 0.3 is 0 Å². The van der Waals surface area contributed by atoms with Gasteiger partial charge in [-0.25, -0.2) is 0 Å². The largest absolute Gasteiger partial charge is 0.380 e. The molecule has 0 atom stereocenters. The van der Waals surface area contributed by atoms with Crippen molar-refractivity contribution in [1.82, 2.24) is 31.1 Å². The van der Waals surface area contributed by atoms with Crippen LogP contribution in [0.1, 0.15) is 36.8 Å². The molecule has 2 aliphatic rings. The van der Waals surface area contributed by atoms with E-state index in [1.54, 1.807) is 0 Å². The maximum Gasteiger partial charge on any atom is 0.0590 e. The van der Waals surface area contributed by atoms with E-state index >= 15 is 0 Å². The maximum atomic E-state index is 5.65. The van der Waals surface area contributed by atoms with E-state index in [9.17, 15) is 0 Å². The fourth-order valence-corrected chi connectivity index (χ4v) is 4.73. The van der Waals surface area contributed by atoms with Crippen molar-refractivity contribution in [2.75, 3.05) is 105 Å². The van der Waals surface area contributed by atoms with Gasteiger partial charge < -0.3 is 30.7 Å². The van der Waals surface area contributed by atoms with Crippen LogP contribution in [0, 0.1) is 0 Å². The molecule has 36 heavy (non-hydrogen) atoms. The minimum absolute atomic E-state index is 0.816. The lowest BCUT2D eigenvalue weighted by atomic mass is 10.1. The Balaban J connectivity index is 1.45. The third-order valence-electron chi connectivity index (χ3n) is 6.83. The average molecular weight is 505 g/mol. The fraction of sp³-hybridized carbons (Fsp3) is 0.786. The Kier molecular flexibility index (Phi) is 16.3. The molecule has 0 unspecified atom stereocenters. The second-order valence-corrected chi connectivity index (χ2v) is 10.0. The minimum atomic E-state index is 0.816. The second-order valence-electron chi connectivity index (χ2n) is 10.0. The van der Waals surface area contributed by atoms with Crippen molar-refractivity contribution in [3.05, 3.63) is 35.4 Å². The van der Waals surface area contributed by atoms with E-state index in [1.165, 1.54) is 24.0 Å². The Morgan fingerprint density at radius 3 is 1.36 bits per heavy atom. The van der Waals surface area contributed by atoms with E-state index in [0.717, 1.165) is 131 Å². The standard InChI is InChI=1S/C28H52N6O2/c1-9-31-15-23-35-21-3-11-29-13-19-33(17-1)25-27-5-7-28(8-6-27)26-34-18-2-10-32-16-24-36-22-4-12-30-14-20-34/h5-8,29-32H,1-4,9-26H2. The number of benzene rings is 1. The molecule has 0 spiro atoms. The highest BCUT2D eigenvalue weighted by molar-refractivity contribution is 5.22. The fourth-order valence-electron chi connectivity index (χ4n) is 4.73. The first-order valence-corrected chi connectivity index (χ1v) is 14.4. The molecule has 2 aliphatic heterocycles. The van der Waals surface area contributed by atoms with Crippen LogP contribution in [-0.2, 0) is 22.6 Å². The monoisotopic (exact) mass is 504 g/mol. The van der Waals surface area contributed by atoms with Crippen molar-refractivity contribution >= 4 is 0 Å². The Morgan fingerprint density at radius 1 is 0.472 bits per heavy atom. The van der Waals surface area contributed by atoms with Gasteiger partial charge in [0, 0.05) is 65.6 Å². The molecule has 206 valence electrons. The molecule has 0 bridgehead atoms. The summed E-state index contributed by atoms with van der Waals surface area (Å²) in [5.41, 5.74) is 2.82. The third-order valence-corrected chi connectivity index (χ3v) is 6.83. The van der Waals surface area contributed by atoms with Gasteiger partial charge in [0.15, 0.2) is 0 Å². The van der Waals surface area contributed by atoms with Crippen LogP contribution in [0.3, 0.4) is 0 Å². The molecule has 0 saturated carbocycles. The molecule has 2 heterocycles. The zero-order valence-corrected chi connectivity index (χ0v) is 22.6. The van der Waals surface area contributed by atoms with E-state index in [-0.39, 0.29) is 0 Å². The number of hydrogen-bond donors (Lipinski definition) is 4. The number of nitrogens with one attached hydrogen (secondary N) is 4. The van der Waals surface area contributed by atoms with E-state index in [0.29, 0.717) is 0 Å². The van der Waals surface area contributed by atoms with Crippen LogP contribution >= 0.6 is 0 Å². The van der Waals surface area contributed by atoms with Gasteiger partial charge in [0.2, 0.25) is 0 Å². The molecule has 1 aromatic carbocycles. The Hall–Kier alpha value is -1.10. The van der Waals surface area contributed by atoms with Gasteiger partial charge in [0.05, 0.1) is 13.2 Å². The molecule has 2 saturated heterocycles. The minimum Gasteiger partial charge on any atom is -0.380 e. The van der Waals surface area contributed by atoms with Crippen LogP contribution in [-0.4, -0.2) is 115 Å². The molecule has 0 radical (unpaired) electrons. The van der Waals surface area contributed by atoms with Gasteiger partial charge in [-0.05, 0) is 76.1 Å². The molecule has 0 amide bonds. The summed E-state index contributed by atoms with van der Waals surface area (Å²) in [7, 11) is 0. The number of ether oxygens (including phenoxy) is 2. The topological polar surface area (TPSA) is 73.1 Å². The van der Waals surface area contributed by atoms with Crippen molar-refractivity contribution in [3.63, 3.8) is 0 Å². The van der Waals surface area contributed by atoms with Gasteiger partial charge in [0.1, 0.15) is 0 Å². The van der Waals surface area contributed by atoms with E-state index in [1.807, 2.05) is 0 Å². The van der Waals surface area contributed by atoms with E-state index in [4.69, 9.17) is 9.47 Å². The van der Waals surface area contributed by atoms with Gasteiger partial charge in [0.25, 0.3) is 0 Å². The Morgan fingerprint density at radius 2 is 0.889 bits per heavy atom. The Bertz CT molecular complexity index is 564. The first-order chi connectivity index (χ1) is 17.9. The highest BCUT2D eigenvalue weighted by Gasteiger charge is 2.09. The molecule has 1 aromatic rings. The first-order valence-electron chi connectivity index (χ1n) is 14.4. The predicted octanol–water partition coefficient (Wildman–Crippen LogP) is 1.27. The molecule has 0 aliphatic carbocycles. The first kappa shape index (κ1) is 29.5. The maximum absolute atomic E-state index is 5.65. The summed E-state index contributed by atoms with van der Waals surface area (Å²) in [6.07, 6.45) is 4.51. The van der Waals surface area contributed by atoms with Crippen molar-refractivity contribution < 1.29 is 9.47 Å². The summed E-state index contributed by atoms with van der Waals surface area (Å²) in [5, 5.41) is 14.2. The molecular formula is C28H52N6O2. The molecule has 2 fully saturated rings. The number of hydrogen-bond acceptors (Lipinski definition) is 8. The molecule has 8 nitrogen and oxygen atoms in total. The molecule has 0 aromatic heterocycles. The summed E-state index contributed by atoms with van der Waals surface area (Å²) in [6.45, 7) is 18.0. The van der Waals surface area contributed by atoms with Gasteiger partial charge in [-0.15, -0.1) is 0 Å². The van der Waals surface area contributed by atoms with E-state index in [2.05, 4.69) is 55.3 Å². The molecule has 3 rings (SSSR count). The Labute approximate surface area is 219 Å². The van der Waals surface area contributed by atoms with Crippen molar-refractivity contribution in [1.29, 1.82) is 0 Å². The highest BCUT2D eigenvalue weighted by Crippen LogP contribution is 2.11. The lowest BCUT2D eigenvalue weighted by molar-refractivity contribution is 0.132. The third kappa shape index (κ3) is 14.0. The van der Waals surface area contributed by atoms with Crippen LogP contribution in [0.5, 0.6) is 0 Å². The summed E-state index contributed by atoms with van der Waals surface area (Å²) in [6, 6.07) is 9.36. The quantitative estimate of drug-likeness (QED) is 0.489. The highest BCUT2D eigenvalue weighted by atomic mass is 16.5.